The molecule has 0 aromatic rings. The Hall–Kier alpha value is -0.779. The fourth-order valence-electron chi connectivity index (χ4n) is 1.56. The normalized spacial score (nSPS) is 13.0. The van der Waals surface area contributed by atoms with Crippen LogP contribution in [-0.4, -0.2) is 54.8 Å². The quantitative estimate of drug-likeness (QED) is 0.144. The second-order valence-electron chi connectivity index (χ2n) is 6.36. The molecule has 0 heterocycles. The van der Waals surface area contributed by atoms with Crippen molar-refractivity contribution >= 4 is 35.3 Å². The summed E-state index contributed by atoms with van der Waals surface area (Å²) in [6.45, 7) is 14.4. The molecule has 8 heteroatoms. The molecular formula is C17H34O5Si3. The van der Waals surface area contributed by atoms with E-state index in [9.17, 15) is 4.79 Å². The fourth-order valence-corrected chi connectivity index (χ4v) is 4.40. The number of rotatable bonds is 14. The lowest BCUT2D eigenvalue weighted by Crippen LogP contribution is -2.27. The molecule has 0 aromatic heterocycles. The van der Waals surface area contributed by atoms with Crippen molar-refractivity contribution in [1.82, 2.24) is 0 Å². The molecule has 0 aliphatic carbocycles. The number of ether oxygens (including phenoxy) is 1. The van der Waals surface area contributed by atoms with Crippen molar-refractivity contribution in [3.05, 3.63) is 34.7 Å². The molecule has 0 fully saturated rings. The van der Waals surface area contributed by atoms with Crippen molar-refractivity contribution in [2.75, 3.05) is 13.2 Å². The number of carbonyl (C=O) groups excluding carboxylic acids is 1. The molecular weight excluding hydrogens is 368 g/mol. The van der Waals surface area contributed by atoms with Crippen molar-refractivity contribution in [2.45, 2.75) is 53.4 Å². The van der Waals surface area contributed by atoms with Crippen LogP contribution < -0.4 is 0 Å². The molecule has 0 rings (SSSR count). The molecule has 0 aromatic carbocycles. The van der Waals surface area contributed by atoms with Gasteiger partial charge in [-0.15, -0.1) is 0 Å². The highest BCUT2D eigenvalue weighted by atomic mass is 28.2. The molecule has 0 radical (unpaired) electrons. The first kappa shape index (κ1) is 24.2. The SMILES string of the molecule is C=C(C)C(=O)OCCC[SiH2]OCC(O[SiH2]C=C(C)C)O[SiH2]C=C(C)C. The van der Waals surface area contributed by atoms with Crippen LogP contribution in [0, 0.1) is 0 Å². The second-order valence-corrected chi connectivity index (χ2v) is 10.0. The number of carbonyl (C=O) groups is 1. The predicted molar refractivity (Wildman–Crippen MR) is 112 cm³/mol. The van der Waals surface area contributed by atoms with E-state index in [1.54, 1.807) is 6.92 Å². The number of hydrogen-bond acceptors (Lipinski definition) is 5. The van der Waals surface area contributed by atoms with E-state index in [2.05, 4.69) is 45.7 Å². The summed E-state index contributed by atoms with van der Waals surface area (Å²) in [7, 11) is -2.07. The van der Waals surface area contributed by atoms with Gasteiger partial charge in [0.05, 0.1) is 13.2 Å². The van der Waals surface area contributed by atoms with Gasteiger partial charge in [0, 0.05) is 5.57 Å². The molecule has 0 saturated heterocycles. The lowest BCUT2D eigenvalue weighted by Gasteiger charge is -2.18. The molecule has 0 bridgehead atoms. The van der Waals surface area contributed by atoms with Crippen molar-refractivity contribution < 1.29 is 22.8 Å². The Bertz CT molecular complexity index is 433. The molecule has 5 nitrogen and oxygen atoms in total. The van der Waals surface area contributed by atoms with Crippen molar-refractivity contribution in [3.63, 3.8) is 0 Å². The van der Waals surface area contributed by atoms with Crippen molar-refractivity contribution in [2.24, 2.45) is 0 Å². The predicted octanol–water partition coefficient (Wildman–Crippen LogP) is 1.39. The molecule has 0 N–H and O–H groups in total. The van der Waals surface area contributed by atoms with Crippen LogP contribution in [0.3, 0.4) is 0 Å². The van der Waals surface area contributed by atoms with Gasteiger partial charge in [0.1, 0.15) is 0 Å². The third-order valence-electron chi connectivity index (χ3n) is 3.07. The Labute approximate surface area is 159 Å². The zero-order chi connectivity index (χ0) is 19.1. The maximum atomic E-state index is 11.2. The molecule has 0 spiro atoms. The number of hydrogen-bond donors (Lipinski definition) is 0. The standard InChI is InChI=1S/C17H34O5Si3/c1-13(2)11-24-21-16(22-25-12-14(3)4)10-20-23-9-7-8-19-17(18)15(5)6/h11-12,16H,5,7-10,23-25H2,1-4,6H3. The molecule has 0 aliphatic rings. The maximum absolute atomic E-state index is 11.2. The molecule has 25 heavy (non-hydrogen) atoms. The van der Waals surface area contributed by atoms with E-state index in [0.717, 1.165) is 12.5 Å². The summed E-state index contributed by atoms with van der Waals surface area (Å²) in [5, 5.41) is 0. The molecule has 0 amide bonds. The summed E-state index contributed by atoms with van der Waals surface area (Å²) in [6, 6.07) is 0.965. The molecule has 0 saturated carbocycles. The number of esters is 1. The van der Waals surface area contributed by atoms with E-state index in [1.807, 2.05) is 0 Å². The number of allylic oxidation sites excluding steroid dienone is 2. The van der Waals surface area contributed by atoms with Crippen LogP contribution in [0.4, 0.5) is 0 Å². The Balaban J connectivity index is 3.95. The summed E-state index contributed by atoms with van der Waals surface area (Å²) >= 11 is 0. The lowest BCUT2D eigenvalue weighted by atomic mass is 10.4. The van der Waals surface area contributed by atoms with Crippen molar-refractivity contribution in [3.8, 4) is 0 Å². The average molecular weight is 403 g/mol. The summed E-state index contributed by atoms with van der Waals surface area (Å²) in [6.07, 6.45) is 0.592. The van der Waals surface area contributed by atoms with E-state index in [1.165, 1.54) is 11.1 Å². The monoisotopic (exact) mass is 402 g/mol. The third kappa shape index (κ3) is 16.4. The van der Waals surface area contributed by atoms with Crippen molar-refractivity contribution in [1.29, 1.82) is 0 Å². The molecule has 144 valence electrons. The maximum Gasteiger partial charge on any atom is 0.333 e. The Morgan fingerprint density at radius 2 is 1.60 bits per heavy atom. The Kier molecular flexibility index (Phi) is 15.0. The second kappa shape index (κ2) is 15.5. The molecule has 0 atom stereocenters. The summed E-state index contributed by atoms with van der Waals surface area (Å²) in [5.74, 6) is -0.321. The largest absolute Gasteiger partial charge is 0.462 e. The van der Waals surface area contributed by atoms with E-state index < -0.39 is 29.3 Å². The van der Waals surface area contributed by atoms with E-state index in [4.69, 9.17) is 18.0 Å². The smallest absolute Gasteiger partial charge is 0.333 e. The highest BCUT2D eigenvalue weighted by Crippen LogP contribution is 2.00. The van der Waals surface area contributed by atoms with Gasteiger partial charge in [-0.25, -0.2) is 4.79 Å². The third-order valence-corrected chi connectivity index (χ3v) is 7.47. The highest BCUT2D eigenvalue weighted by Gasteiger charge is 2.08. The van der Waals surface area contributed by atoms with Crippen LogP contribution >= 0.6 is 0 Å². The minimum atomic E-state index is -0.711. The van der Waals surface area contributed by atoms with Gasteiger partial charge in [-0.2, -0.15) is 0 Å². The highest BCUT2D eigenvalue weighted by molar-refractivity contribution is 6.35. The Morgan fingerprint density at radius 1 is 1.04 bits per heavy atom. The minimum absolute atomic E-state index is 0.238. The zero-order valence-electron chi connectivity index (χ0n) is 16.4. The topological polar surface area (TPSA) is 54.0 Å². The Morgan fingerprint density at radius 3 is 2.08 bits per heavy atom. The van der Waals surface area contributed by atoms with Crippen LogP contribution in [0.5, 0.6) is 0 Å². The van der Waals surface area contributed by atoms with Crippen LogP contribution in [0.15, 0.2) is 34.7 Å². The van der Waals surface area contributed by atoms with Gasteiger partial charge in [-0.1, -0.05) is 29.1 Å². The van der Waals surface area contributed by atoms with E-state index >= 15 is 0 Å². The summed E-state index contributed by atoms with van der Waals surface area (Å²) in [4.78, 5) is 11.2. The van der Waals surface area contributed by atoms with E-state index in [0.29, 0.717) is 18.8 Å². The van der Waals surface area contributed by atoms with Gasteiger partial charge >= 0.3 is 5.97 Å². The van der Waals surface area contributed by atoms with Gasteiger partial charge in [0.2, 0.25) is 0 Å². The average Bonchev–Trinajstić information content (AvgIpc) is 2.52. The first-order valence-corrected chi connectivity index (χ1v) is 13.1. The summed E-state index contributed by atoms with van der Waals surface area (Å²) < 4.78 is 22.6. The van der Waals surface area contributed by atoms with Crippen LogP contribution in [0.2, 0.25) is 6.04 Å². The van der Waals surface area contributed by atoms with Gasteiger partial charge in [-0.3, -0.25) is 0 Å². The van der Waals surface area contributed by atoms with Crippen LogP contribution in [0.1, 0.15) is 41.0 Å². The van der Waals surface area contributed by atoms with Gasteiger partial charge in [0.15, 0.2) is 35.6 Å². The molecule has 0 aliphatic heterocycles. The first-order chi connectivity index (χ1) is 11.8. The zero-order valence-corrected chi connectivity index (χ0v) is 20.7. The van der Waals surface area contributed by atoms with E-state index in [-0.39, 0.29) is 12.3 Å². The minimum Gasteiger partial charge on any atom is -0.462 e. The van der Waals surface area contributed by atoms with Gasteiger partial charge in [0.25, 0.3) is 0 Å². The summed E-state index contributed by atoms with van der Waals surface area (Å²) in [5.41, 5.74) is 7.35. The first-order valence-electron chi connectivity index (χ1n) is 8.73. The fraction of sp³-hybridized carbons (Fsp3) is 0.588. The van der Waals surface area contributed by atoms with Crippen LogP contribution in [0.25, 0.3) is 0 Å². The lowest BCUT2D eigenvalue weighted by molar-refractivity contribution is -0.138. The van der Waals surface area contributed by atoms with Crippen LogP contribution in [-0.2, 0) is 22.8 Å². The molecule has 0 unspecified atom stereocenters. The van der Waals surface area contributed by atoms with Gasteiger partial charge in [-0.05, 0) is 47.1 Å². The van der Waals surface area contributed by atoms with Gasteiger partial charge < -0.3 is 18.0 Å².